The summed E-state index contributed by atoms with van der Waals surface area (Å²) < 4.78 is 10.6. The van der Waals surface area contributed by atoms with Crippen LogP contribution in [0.3, 0.4) is 0 Å². The first-order chi connectivity index (χ1) is 13.1. The molecule has 7 heteroatoms. The molecule has 27 heavy (non-hydrogen) atoms. The molecule has 0 saturated carbocycles. The SMILES string of the molecule is CCCCOC(=O)[C@H](C)Sc1ncnc2scc(-c3ccc(OC)cc3)c12. The Labute approximate surface area is 167 Å². The zero-order chi connectivity index (χ0) is 19.2. The van der Waals surface area contributed by atoms with Gasteiger partial charge in [-0.3, -0.25) is 4.79 Å². The second-order valence-electron chi connectivity index (χ2n) is 6.02. The highest BCUT2D eigenvalue weighted by Gasteiger charge is 2.20. The standard InChI is InChI=1S/C20H22N2O3S2/c1-4-5-10-25-20(23)13(2)27-19-17-16(11-26-18(17)21-12-22-19)14-6-8-15(24-3)9-7-14/h6-9,11-13H,4-5,10H2,1-3H3/t13-/m0/s1. The Morgan fingerprint density at radius 3 is 2.74 bits per heavy atom. The Morgan fingerprint density at radius 2 is 2.04 bits per heavy atom. The van der Waals surface area contributed by atoms with Crippen LogP contribution in [0.4, 0.5) is 0 Å². The van der Waals surface area contributed by atoms with Crippen molar-refractivity contribution in [3.8, 4) is 16.9 Å². The number of carbonyl (C=O) groups excluding carboxylic acids is 1. The highest BCUT2D eigenvalue weighted by molar-refractivity contribution is 8.00. The summed E-state index contributed by atoms with van der Waals surface area (Å²) in [6.45, 7) is 4.39. The molecular formula is C20H22N2O3S2. The van der Waals surface area contributed by atoms with Crippen LogP contribution in [0.5, 0.6) is 5.75 Å². The Bertz CT molecular complexity index is 909. The van der Waals surface area contributed by atoms with Crippen LogP contribution in [0.2, 0.25) is 0 Å². The zero-order valence-corrected chi connectivity index (χ0v) is 17.2. The molecule has 2 heterocycles. The maximum Gasteiger partial charge on any atom is 0.319 e. The summed E-state index contributed by atoms with van der Waals surface area (Å²) in [4.78, 5) is 22.0. The first kappa shape index (κ1) is 19.6. The summed E-state index contributed by atoms with van der Waals surface area (Å²) in [6, 6.07) is 7.90. The maximum atomic E-state index is 12.2. The van der Waals surface area contributed by atoms with E-state index >= 15 is 0 Å². The Kier molecular flexibility index (Phi) is 6.68. The van der Waals surface area contributed by atoms with Crippen molar-refractivity contribution in [1.82, 2.24) is 9.97 Å². The molecule has 3 rings (SSSR count). The molecule has 2 aromatic heterocycles. The zero-order valence-electron chi connectivity index (χ0n) is 15.6. The number of hydrogen-bond acceptors (Lipinski definition) is 7. The minimum atomic E-state index is -0.330. The number of nitrogens with zero attached hydrogens (tertiary/aromatic N) is 2. The van der Waals surface area contributed by atoms with Gasteiger partial charge in [0.15, 0.2) is 0 Å². The molecule has 0 unspecified atom stereocenters. The van der Waals surface area contributed by atoms with E-state index in [1.807, 2.05) is 31.2 Å². The molecule has 0 aliphatic heterocycles. The summed E-state index contributed by atoms with van der Waals surface area (Å²) in [6.07, 6.45) is 3.43. The number of thioether (sulfide) groups is 1. The van der Waals surface area contributed by atoms with Crippen LogP contribution >= 0.6 is 23.1 Å². The molecular weight excluding hydrogens is 380 g/mol. The normalized spacial score (nSPS) is 12.1. The summed E-state index contributed by atoms with van der Waals surface area (Å²) in [7, 11) is 1.65. The molecule has 0 bridgehead atoms. The summed E-state index contributed by atoms with van der Waals surface area (Å²) in [5.74, 6) is 0.606. The smallest absolute Gasteiger partial charge is 0.319 e. The van der Waals surface area contributed by atoms with E-state index in [9.17, 15) is 4.79 Å². The van der Waals surface area contributed by atoms with Crippen LogP contribution in [0.1, 0.15) is 26.7 Å². The lowest BCUT2D eigenvalue weighted by Crippen LogP contribution is -2.17. The van der Waals surface area contributed by atoms with Crippen molar-refractivity contribution >= 4 is 39.3 Å². The van der Waals surface area contributed by atoms with E-state index in [1.165, 1.54) is 11.8 Å². The number of hydrogen-bond donors (Lipinski definition) is 0. The fraction of sp³-hybridized carbons (Fsp3) is 0.350. The van der Waals surface area contributed by atoms with Gasteiger partial charge in [0, 0.05) is 10.9 Å². The van der Waals surface area contributed by atoms with Crippen LogP contribution in [0, 0.1) is 0 Å². The van der Waals surface area contributed by atoms with E-state index in [1.54, 1.807) is 24.8 Å². The van der Waals surface area contributed by atoms with Gasteiger partial charge in [0.1, 0.15) is 27.2 Å². The number of esters is 1. The fourth-order valence-corrected chi connectivity index (χ4v) is 4.48. The van der Waals surface area contributed by atoms with Crippen LogP contribution in [-0.2, 0) is 9.53 Å². The van der Waals surface area contributed by atoms with Crippen molar-refractivity contribution in [2.75, 3.05) is 13.7 Å². The summed E-state index contributed by atoms with van der Waals surface area (Å²) in [5.41, 5.74) is 2.13. The third kappa shape index (κ3) is 4.59. The molecule has 1 aromatic carbocycles. The van der Waals surface area contributed by atoms with Crippen LogP contribution in [0.15, 0.2) is 41.0 Å². The predicted octanol–water partition coefficient (Wildman–Crippen LogP) is 5.19. The molecule has 0 amide bonds. The van der Waals surface area contributed by atoms with E-state index in [2.05, 4.69) is 22.3 Å². The van der Waals surface area contributed by atoms with E-state index in [0.29, 0.717) is 6.61 Å². The molecule has 5 nitrogen and oxygen atoms in total. The molecule has 0 spiro atoms. The molecule has 0 fully saturated rings. The summed E-state index contributed by atoms with van der Waals surface area (Å²) in [5, 5.41) is 3.52. The van der Waals surface area contributed by atoms with Crippen molar-refractivity contribution in [2.45, 2.75) is 37.0 Å². The highest BCUT2D eigenvalue weighted by atomic mass is 32.2. The molecule has 0 saturated heterocycles. The lowest BCUT2D eigenvalue weighted by molar-refractivity contribution is -0.142. The number of rotatable bonds is 8. The van der Waals surface area contributed by atoms with E-state index in [4.69, 9.17) is 9.47 Å². The number of carbonyl (C=O) groups is 1. The molecule has 0 aliphatic carbocycles. The van der Waals surface area contributed by atoms with Crippen molar-refractivity contribution in [3.63, 3.8) is 0 Å². The van der Waals surface area contributed by atoms with E-state index in [0.717, 1.165) is 45.0 Å². The Morgan fingerprint density at radius 1 is 1.26 bits per heavy atom. The van der Waals surface area contributed by atoms with Gasteiger partial charge >= 0.3 is 5.97 Å². The molecule has 1 atom stereocenters. The second-order valence-corrected chi connectivity index (χ2v) is 8.21. The van der Waals surface area contributed by atoms with Gasteiger partial charge < -0.3 is 9.47 Å². The lowest BCUT2D eigenvalue weighted by Gasteiger charge is -2.12. The number of unbranched alkanes of at least 4 members (excludes halogenated alkanes) is 1. The van der Waals surface area contributed by atoms with Gasteiger partial charge in [0.2, 0.25) is 0 Å². The molecule has 0 N–H and O–H groups in total. The van der Waals surface area contributed by atoms with Gasteiger partial charge in [-0.2, -0.15) is 0 Å². The van der Waals surface area contributed by atoms with Gasteiger partial charge in [-0.25, -0.2) is 9.97 Å². The van der Waals surface area contributed by atoms with Crippen molar-refractivity contribution in [1.29, 1.82) is 0 Å². The average Bonchev–Trinajstić information content (AvgIpc) is 3.13. The number of benzene rings is 1. The van der Waals surface area contributed by atoms with Crippen LogP contribution < -0.4 is 4.74 Å². The average molecular weight is 403 g/mol. The molecule has 3 aromatic rings. The largest absolute Gasteiger partial charge is 0.497 e. The van der Waals surface area contributed by atoms with E-state index in [-0.39, 0.29) is 11.2 Å². The second kappa shape index (κ2) is 9.19. The van der Waals surface area contributed by atoms with Gasteiger partial charge in [0.05, 0.1) is 19.1 Å². The first-order valence-corrected chi connectivity index (χ1v) is 10.6. The van der Waals surface area contributed by atoms with Gasteiger partial charge in [-0.05, 0) is 31.0 Å². The summed E-state index contributed by atoms with van der Waals surface area (Å²) >= 11 is 2.99. The fourth-order valence-electron chi connectivity index (χ4n) is 2.57. The third-order valence-corrected chi connectivity index (χ3v) is 6.06. The van der Waals surface area contributed by atoms with Crippen molar-refractivity contribution < 1.29 is 14.3 Å². The minimum Gasteiger partial charge on any atom is -0.497 e. The minimum absolute atomic E-state index is 0.207. The van der Waals surface area contributed by atoms with Crippen LogP contribution in [0.25, 0.3) is 21.3 Å². The number of aromatic nitrogens is 2. The Balaban J connectivity index is 1.87. The highest BCUT2D eigenvalue weighted by Crippen LogP contribution is 2.39. The molecule has 142 valence electrons. The predicted molar refractivity (Wildman–Crippen MR) is 111 cm³/mol. The van der Waals surface area contributed by atoms with Crippen molar-refractivity contribution in [2.24, 2.45) is 0 Å². The third-order valence-electron chi connectivity index (χ3n) is 4.10. The quantitative estimate of drug-likeness (QED) is 0.224. The van der Waals surface area contributed by atoms with Gasteiger partial charge in [-0.1, -0.05) is 37.2 Å². The van der Waals surface area contributed by atoms with Gasteiger partial charge in [0.25, 0.3) is 0 Å². The van der Waals surface area contributed by atoms with Crippen molar-refractivity contribution in [3.05, 3.63) is 36.0 Å². The number of methoxy groups -OCH3 is 1. The Hall–Kier alpha value is -2.12. The number of ether oxygens (including phenoxy) is 2. The molecule has 0 aliphatic rings. The first-order valence-electron chi connectivity index (χ1n) is 8.84. The van der Waals surface area contributed by atoms with Gasteiger partial charge in [-0.15, -0.1) is 11.3 Å². The number of fused-ring (bicyclic) bond motifs is 1. The topological polar surface area (TPSA) is 61.3 Å². The van der Waals surface area contributed by atoms with Crippen LogP contribution in [-0.4, -0.2) is 34.9 Å². The monoisotopic (exact) mass is 402 g/mol. The maximum absolute atomic E-state index is 12.2. The number of thiophene rings is 1. The molecule has 0 radical (unpaired) electrons. The van der Waals surface area contributed by atoms with E-state index < -0.39 is 0 Å². The lowest BCUT2D eigenvalue weighted by atomic mass is 10.1.